The summed E-state index contributed by atoms with van der Waals surface area (Å²) in [5.74, 6) is -0.130. The van der Waals surface area contributed by atoms with Gasteiger partial charge in [0.2, 0.25) is 5.91 Å². The highest BCUT2D eigenvalue weighted by atomic mass is 35.5. The summed E-state index contributed by atoms with van der Waals surface area (Å²) in [6.07, 6.45) is 0.654. The Labute approximate surface area is 535 Å². The third-order valence-electron chi connectivity index (χ3n) is 16.6. The number of anilines is 1. The molecule has 0 spiro atoms. The van der Waals surface area contributed by atoms with Crippen LogP contribution in [-0.2, 0) is 53.3 Å². The number of amidine groups is 1. The number of aliphatic imine (C=N–C) groups is 1. The summed E-state index contributed by atoms with van der Waals surface area (Å²) in [4.78, 5) is 64.1. The van der Waals surface area contributed by atoms with Gasteiger partial charge in [0, 0.05) is 73.9 Å². The first-order valence-electron chi connectivity index (χ1n) is 30.3. The van der Waals surface area contributed by atoms with Gasteiger partial charge in [-0.1, -0.05) is 74.3 Å². The highest BCUT2D eigenvalue weighted by Crippen LogP contribution is 2.54. The number of ether oxygens (including phenoxy) is 6. The van der Waals surface area contributed by atoms with Crippen LogP contribution in [0.25, 0.3) is 11.3 Å². The molecule has 90 heavy (non-hydrogen) atoms. The summed E-state index contributed by atoms with van der Waals surface area (Å²) >= 11 is 13.0. The Morgan fingerprint density at radius 1 is 0.844 bits per heavy atom. The van der Waals surface area contributed by atoms with E-state index in [1.54, 1.807) is 18.7 Å². The fraction of sp³-hybridized carbons (Fsp3) is 0.455. The van der Waals surface area contributed by atoms with Crippen molar-refractivity contribution in [1.29, 1.82) is 5.26 Å². The van der Waals surface area contributed by atoms with Gasteiger partial charge in [0.25, 0.3) is 11.8 Å². The van der Waals surface area contributed by atoms with Gasteiger partial charge in [-0.05, 0) is 104 Å². The lowest BCUT2D eigenvalue weighted by atomic mass is 9.71. The van der Waals surface area contributed by atoms with Crippen molar-refractivity contribution in [2.45, 2.75) is 90.6 Å². The fourth-order valence-electron chi connectivity index (χ4n) is 11.4. The van der Waals surface area contributed by atoms with Crippen LogP contribution in [0.4, 0.5) is 15.0 Å². The van der Waals surface area contributed by atoms with Crippen molar-refractivity contribution in [3.8, 4) is 29.0 Å². The first-order valence-corrected chi connectivity index (χ1v) is 31.0. The lowest BCUT2D eigenvalue weighted by Crippen LogP contribution is -2.60. The number of nitrogens with two attached hydrogens (primary N) is 1. The number of aromatic nitrogens is 4. The molecule has 3 aliphatic rings. The molecule has 2 aromatic heterocycles. The number of rotatable bonds is 23. The van der Waals surface area contributed by atoms with E-state index in [4.69, 9.17) is 62.3 Å². The molecule has 21 nitrogen and oxygen atoms in total. The Kier molecular flexibility index (Phi) is 21.8. The van der Waals surface area contributed by atoms with Crippen LogP contribution in [0, 0.1) is 17.1 Å². The predicted octanol–water partition coefficient (Wildman–Crippen LogP) is 9.57. The predicted molar refractivity (Wildman–Crippen MR) is 340 cm³/mol. The van der Waals surface area contributed by atoms with Crippen LogP contribution in [0.15, 0.2) is 96.1 Å². The van der Waals surface area contributed by atoms with E-state index in [2.05, 4.69) is 78.1 Å². The molecule has 3 aliphatic heterocycles. The Balaban J connectivity index is 0.687. The number of hydrogen-bond acceptors (Lipinski definition) is 16. The van der Waals surface area contributed by atoms with Crippen LogP contribution in [0.1, 0.15) is 111 Å². The van der Waals surface area contributed by atoms with E-state index >= 15 is 4.79 Å². The monoisotopic (exact) mass is 1270 g/mol. The van der Waals surface area contributed by atoms with E-state index in [-0.39, 0.29) is 85.3 Å². The molecule has 0 aliphatic carbocycles. The second-order valence-corrected chi connectivity index (χ2v) is 24.5. The van der Waals surface area contributed by atoms with Crippen LogP contribution >= 0.6 is 23.2 Å². The summed E-state index contributed by atoms with van der Waals surface area (Å²) in [5.41, 5.74) is 9.12. The molecule has 0 saturated carbocycles. The molecule has 4 amide bonds. The number of halogens is 3. The van der Waals surface area contributed by atoms with E-state index in [9.17, 15) is 19.2 Å². The molecule has 6 aromatic rings. The number of carbonyl (C=O) groups excluding carboxylic acids is 3. The van der Waals surface area contributed by atoms with E-state index in [1.807, 2.05) is 71.3 Å². The topological polar surface area (TPSA) is 237 Å². The Morgan fingerprint density at radius 2 is 1.47 bits per heavy atom. The van der Waals surface area contributed by atoms with Gasteiger partial charge >= 0.3 is 6.03 Å². The second-order valence-electron chi connectivity index (χ2n) is 23.6. The molecule has 24 heteroatoms. The van der Waals surface area contributed by atoms with Crippen molar-refractivity contribution in [3.05, 3.63) is 152 Å². The minimum Gasteiger partial charge on any atom is -0.493 e. The lowest BCUT2D eigenvalue weighted by Gasteiger charge is -2.47. The van der Waals surface area contributed by atoms with Crippen molar-refractivity contribution in [3.63, 3.8) is 0 Å². The summed E-state index contributed by atoms with van der Waals surface area (Å²) in [7, 11) is 1.59. The maximum absolute atomic E-state index is 15.5. The fourth-order valence-corrected chi connectivity index (χ4v) is 11.7. The maximum Gasteiger partial charge on any atom is 0.326 e. The van der Waals surface area contributed by atoms with E-state index in [0.717, 1.165) is 22.3 Å². The number of amides is 4. The third kappa shape index (κ3) is 15.0. The smallest absolute Gasteiger partial charge is 0.326 e. The molecule has 3 N–H and O–H groups in total. The number of nitrogens with one attached hydrogen (secondary N) is 1. The molecule has 4 aromatic carbocycles. The van der Waals surface area contributed by atoms with Crippen LogP contribution in [-0.4, -0.2) is 169 Å². The van der Waals surface area contributed by atoms with Gasteiger partial charge in [0.05, 0.1) is 101 Å². The highest BCUT2D eigenvalue weighted by Gasteiger charge is 2.60. The molecule has 0 unspecified atom stereocenters. The number of urea groups is 1. The van der Waals surface area contributed by atoms with Gasteiger partial charge in [-0.2, -0.15) is 10.4 Å². The first-order chi connectivity index (χ1) is 43.1. The zero-order valence-corrected chi connectivity index (χ0v) is 53.8. The van der Waals surface area contributed by atoms with Crippen LogP contribution in [0.5, 0.6) is 11.6 Å². The summed E-state index contributed by atoms with van der Waals surface area (Å²) < 4.78 is 51.4. The minimum atomic E-state index is -1.03. The Bertz CT molecular complexity index is 3590. The first kappa shape index (κ1) is 66.7. The molecule has 1 fully saturated rings. The van der Waals surface area contributed by atoms with Crippen molar-refractivity contribution < 1.29 is 47.2 Å². The number of nitrogen functional groups attached to an aromatic ring is 1. The maximum atomic E-state index is 15.5. The van der Waals surface area contributed by atoms with Gasteiger partial charge in [0.15, 0.2) is 11.5 Å². The van der Waals surface area contributed by atoms with Gasteiger partial charge in [0.1, 0.15) is 40.7 Å². The summed E-state index contributed by atoms with van der Waals surface area (Å²) in [5, 5.41) is 18.7. The molecular weight excluding hydrogens is 1190 g/mol. The quantitative estimate of drug-likeness (QED) is 0.0568. The summed E-state index contributed by atoms with van der Waals surface area (Å²) in [6.45, 7) is 20.8. The molecule has 0 radical (unpaired) electrons. The number of piperazine rings is 1. The molecule has 1 saturated heterocycles. The van der Waals surface area contributed by atoms with E-state index in [1.165, 1.54) is 29.3 Å². The van der Waals surface area contributed by atoms with E-state index in [0.29, 0.717) is 117 Å². The molecule has 9 rings (SSSR count). The highest BCUT2D eigenvalue weighted by molar-refractivity contribution is 6.30. The summed E-state index contributed by atoms with van der Waals surface area (Å²) in [6, 6.07) is 27.4. The van der Waals surface area contributed by atoms with Crippen LogP contribution in [0.2, 0.25) is 10.0 Å². The van der Waals surface area contributed by atoms with Crippen molar-refractivity contribution in [1.82, 2.24) is 44.7 Å². The van der Waals surface area contributed by atoms with Crippen molar-refractivity contribution >= 4 is 52.7 Å². The van der Waals surface area contributed by atoms with Crippen molar-refractivity contribution in [2.24, 2.45) is 4.99 Å². The molecule has 5 heterocycles. The molecule has 478 valence electrons. The molecular formula is C66H79Cl2FN12O9. The number of hydrogen-bond donors (Lipinski definition) is 2. The van der Waals surface area contributed by atoms with E-state index < -0.39 is 28.9 Å². The second kappa shape index (κ2) is 29.5. The van der Waals surface area contributed by atoms with Crippen LogP contribution < -0.4 is 20.5 Å². The normalized spacial score (nSPS) is 18.6. The number of nitriles is 1. The zero-order valence-electron chi connectivity index (χ0n) is 52.3. The number of benzene rings is 4. The minimum absolute atomic E-state index is 0.0135. The number of nitrogens with zero attached hydrogens (tertiary/aromatic N) is 10. The van der Waals surface area contributed by atoms with Gasteiger partial charge < -0.3 is 49.3 Å². The van der Waals surface area contributed by atoms with Gasteiger partial charge in [-0.25, -0.2) is 19.2 Å². The average molecular weight is 1270 g/mol. The lowest BCUT2D eigenvalue weighted by molar-refractivity contribution is -0.122. The third-order valence-corrected chi connectivity index (χ3v) is 17.2. The molecule has 3 atom stereocenters. The van der Waals surface area contributed by atoms with Crippen LogP contribution in [0.3, 0.4) is 0 Å². The Hall–Kier alpha value is -7.75. The average Bonchev–Trinajstić information content (AvgIpc) is 1.52. The standard InChI is InChI=1S/C66H79Cl2FN12O9/c1-9-89-56-38-46(64(3,4)5)14-20-51(56)60-75-65(6,44-10-15-47(67)16-11-44)66(7,45-12-17-48(68)18-13-45)81(60)63(84)79-27-25-78(26-28-79)29-31-86-33-35-88-37-36-87-34-32-85-30-22-57(82)72-23-24-80-55-42-77(8)62(83)50-21-19-49(69)39-52(50)43(2)90-61-59(71)73-41-54(74-61)58(55)53(40-70)76-80/h10-21,38-39,41,43H,9,22-37,42H2,1-8H3,(H2,71,73)(H,72,82)/t43-,65-,66+/m1/s1. The molecule has 2 bridgehead atoms. The number of carbonyl (C=O) groups is 3. The SMILES string of the molecule is CCOc1cc(C(C)(C)C)ccc1C1=N[C@](C)(c2ccc(Cl)cc2)[C@](C)(c2ccc(Cl)cc2)N1C(=O)N1CCN(CCOCCOCCOCCOCCC(=O)NCCn2nc(C#N)c3c2CN(C)C(=O)c2ccc(F)cc2[C@@H](C)Oc2nc-3cnc2N)CC1. The zero-order chi connectivity index (χ0) is 64.3. The Morgan fingerprint density at radius 3 is 2.10 bits per heavy atom. The van der Waals surface area contributed by atoms with Crippen molar-refractivity contribution in [2.75, 3.05) is 112 Å². The number of fused-ring (bicyclic) bond motifs is 5. The van der Waals surface area contributed by atoms with Gasteiger partial charge in [-0.15, -0.1) is 0 Å². The van der Waals surface area contributed by atoms with Gasteiger partial charge in [-0.3, -0.25) is 29.1 Å². The largest absolute Gasteiger partial charge is 0.493 e.